The number of hydrogen-bond donors (Lipinski definition) is 0. The van der Waals surface area contributed by atoms with Crippen LogP contribution in [0, 0.1) is 5.41 Å². The lowest BCUT2D eigenvalue weighted by molar-refractivity contribution is 0.267. The Morgan fingerprint density at radius 2 is 0.882 bits per heavy atom. The summed E-state index contributed by atoms with van der Waals surface area (Å²) >= 11 is 4.31. The van der Waals surface area contributed by atoms with Gasteiger partial charge in [0.25, 0.3) is 8.32 Å². The third-order valence-electron chi connectivity index (χ3n) is 11.1. The molecule has 51 heavy (non-hydrogen) atoms. The highest BCUT2D eigenvalue weighted by Gasteiger charge is 2.73. The average molecular weight is 763 g/mol. The summed E-state index contributed by atoms with van der Waals surface area (Å²) in [5.74, 6) is 1.30. The van der Waals surface area contributed by atoms with E-state index in [1.807, 2.05) is 0 Å². The minimum Gasteiger partial charge on any atom is -0.545 e. The second-order valence-corrected chi connectivity index (χ2v) is 29.8. The summed E-state index contributed by atoms with van der Waals surface area (Å²) in [6.45, 7) is 21.9. The van der Waals surface area contributed by atoms with Gasteiger partial charge in [0, 0.05) is 34.5 Å². The molecule has 4 aromatic rings. The standard InChI is InChI=1S/C45H52OP2S2Si/c1-32(2)51(33(3)4,34(5)6)46-41(43(7,8)9)42-47-44(37-26-18-12-19-27-37,30-39(49-47)35-22-14-10-15-23-35)45(38-28-20-13-21-29-38)31-40(50-48(42)45)36-24-16-11-17-25-36/h10-34H,1-9H3/t44-,45-,47?,48?/m1/s1. The quantitative estimate of drug-likeness (QED) is 0.0955. The van der Waals surface area contributed by atoms with E-state index in [2.05, 4.69) is 219 Å². The fourth-order valence-corrected chi connectivity index (χ4v) is 31.7. The maximum atomic E-state index is 8.11. The van der Waals surface area contributed by atoms with E-state index in [1.54, 1.807) is 5.06 Å². The predicted molar refractivity (Wildman–Crippen MR) is 233 cm³/mol. The summed E-state index contributed by atoms with van der Waals surface area (Å²) < 4.78 is 8.11. The molecule has 3 aliphatic rings. The van der Waals surface area contributed by atoms with Crippen LogP contribution >= 0.6 is 37.0 Å². The number of fused-ring (bicyclic) bond motifs is 3. The molecule has 2 unspecified atom stereocenters. The van der Waals surface area contributed by atoms with Crippen LogP contribution in [0.2, 0.25) is 16.6 Å². The van der Waals surface area contributed by atoms with E-state index in [-0.39, 0.29) is 15.7 Å². The second kappa shape index (κ2) is 14.2. The molecule has 3 aliphatic heterocycles. The van der Waals surface area contributed by atoms with Crippen LogP contribution in [0.5, 0.6) is 0 Å². The molecule has 4 atom stereocenters. The Hall–Kier alpha value is -2.32. The third-order valence-corrected chi connectivity index (χ3v) is 29.7. The molecular formula is C45H52OP2S2Si. The van der Waals surface area contributed by atoms with Crippen LogP contribution in [-0.2, 0) is 14.7 Å². The van der Waals surface area contributed by atoms with E-state index in [0.717, 1.165) is 0 Å². The summed E-state index contributed by atoms with van der Waals surface area (Å²) in [5.41, 5.74) is 6.75. The van der Waals surface area contributed by atoms with Crippen molar-refractivity contribution in [3.63, 3.8) is 0 Å². The van der Waals surface area contributed by atoms with E-state index in [4.69, 9.17) is 4.43 Å². The highest BCUT2D eigenvalue weighted by Crippen LogP contribution is 3.03. The van der Waals surface area contributed by atoms with Gasteiger partial charge in [-0.1, -0.05) is 219 Å². The lowest BCUT2D eigenvalue weighted by Gasteiger charge is -2.46. The molecule has 1 nitrogen and oxygen atoms in total. The van der Waals surface area contributed by atoms with Gasteiger partial charge in [-0.2, -0.15) is 0 Å². The summed E-state index contributed by atoms with van der Waals surface area (Å²) in [7, 11) is -3.96. The first-order chi connectivity index (χ1) is 24.4. The summed E-state index contributed by atoms with van der Waals surface area (Å²) in [6, 6.07) is 45.4. The fourth-order valence-electron chi connectivity index (χ4n) is 8.87. The van der Waals surface area contributed by atoms with Crippen LogP contribution < -0.4 is 0 Å². The molecule has 0 saturated carbocycles. The van der Waals surface area contributed by atoms with Crippen molar-refractivity contribution >= 4 is 55.1 Å². The van der Waals surface area contributed by atoms with E-state index < -0.39 is 22.6 Å². The smallest absolute Gasteiger partial charge is 0.258 e. The number of hydrogen-bond acceptors (Lipinski definition) is 3. The van der Waals surface area contributed by atoms with Gasteiger partial charge in [0.1, 0.15) is 0 Å². The van der Waals surface area contributed by atoms with Gasteiger partial charge < -0.3 is 4.43 Å². The summed E-state index contributed by atoms with van der Waals surface area (Å²) in [4.78, 5) is 2.79. The Balaban J connectivity index is 1.64. The third kappa shape index (κ3) is 5.92. The largest absolute Gasteiger partial charge is 0.545 e. The van der Waals surface area contributed by atoms with Crippen molar-refractivity contribution in [2.45, 2.75) is 89.2 Å². The van der Waals surface area contributed by atoms with Crippen molar-refractivity contribution < 1.29 is 4.43 Å². The molecule has 0 radical (unpaired) electrons. The zero-order valence-electron chi connectivity index (χ0n) is 31.6. The lowest BCUT2D eigenvalue weighted by Crippen LogP contribution is -2.48. The maximum absolute atomic E-state index is 8.11. The van der Waals surface area contributed by atoms with Crippen LogP contribution in [0.3, 0.4) is 0 Å². The average Bonchev–Trinajstić information content (AvgIpc) is 3.77. The van der Waals surface area contributed by atoms with Crippen molar-refractivity contribution in [1.82, 2.24) is 0 Å². The van der Waals surface area contributed by atoms with E-state index >= 15 is 0 Å². The first-order valence-electron chi connectivity index (χ1n) is 18.5. The van der Waals surface area contributed by atoms with E-state index in [9.17, 15) is 0 Å². The maximum Gasteiger partial charge on any atom is 0.258 e. The van der Waals surface area contributed by atoms with Gasteiger partial charge in [0.05, 0.1) is 16.1 Å². The van der Waals surface area contributed by atoms with Crippen molar-refractivity contribution in [3.8, 4) is 0 Å². The molecule has 1 fully saturated rings. The van der Waals surface area contributed by atoms with Crippen molar-refractivity contribution in [2.75, 3.05) is 0 Å². The second-order valence-electron chi connectivity index (χ2n) is 16.1. The zero-order valence-corrected chi connectivity index (χ0v) is 36.0. The molecule has 0 spiro atoms. The van der Waals surface area contributed by atoms with Crippen LogP contribution in [0.1, 0.15) is 84.6 Å². The van der Waals surface area contributed by atoms with Crippen LogP contribution in [0.25, 0.3) is 9.81 Å². The van der Waals surface area contributed by atoms with Gasteiger partial charge in [0.2, 0.25) is 0 Å². The highest BCUT2D eigenvalue weighted by molar-refractivity contribution is 8.70. The number of allylic oxidation sites excluding steroid dienone is 3. The summed E-state index contributed by atoms with van der Waals surface area (Å²) in [5, 5.41) is 1.07. The molecule has 4 aromatic carbocycles. The van der Waals surface area contributed by atoms with Gasteiger partial charge >= 0.3 is 0 Å². The Labute approximate surface area is 319 Å². The predicted octanol–water partition coefficient (Wildman–Crippen LogP) is 15.6. The van der Waals surface area contributed by atoms with Gasteiger partial charge in [0.15, 0.2) is 0 Å². The normalized spacial score (nSPS) is 24.5. The van der Waals surface area contributed by atoms with Crippen molar-refractivity contribution in [3.05, 3.63) is 167 Å². The fraction of sp³-hybridized carbons (Fsp3) is 0.333. The van der Waals surface area contributed by atoms with Crippen molar-refractivity contribution in [2.24, 2.45) is 5.41 Å². The zero-order chi connectivity index (χ0) is 36.2. The molecule has 0 aliphatic carbocycles. The molecule has 7 rings (SSSR count). The minimum atomic E-state index is -2.31. The SMILES string of the molecule is CC(C)[Si](OC(=C1P2SC(c3ccccc3)=C[C@@]2(c2ccccc2)[C@]2(c3ccccc3)C=C(c3ccccc3)SP12)C(C)(C)C)(C(C)C)C(C)C. The van der Waals surface area contributed by atoms with Gasteiger partial charge in [-0.25, -0.2) is 0 Å². The van der Waals surface area contributed by atoms with Gasteiger partial charge in [-0.05, 0) is 38.9 Å². The minimum absolute atomic E-state index is 0.168. The van der Waals surface area contributed by atoms with Crippen LogP contribution in [0.15, 0.2) is 144 Å². The Morgan fingerprint density at radius 3 is 1.20 bits per heavy atom. The van der Waals surface area contributed by atoms with Crippen LogP contribution in [-0.4, -0.2) is 8.32 Å². The Morgan fingerprint density at radius 1 is 0.549 bits per heavy atom. The van der Waals surface area contributed by atoms with Gasteiger partial charge in [-0.15, -0.1) is 0 Å². The van der Waals surface area contributed by atoms with Crippen molar-refractivity contribution in [1.29, 1.82) is 0 Å². The monoisotopic (exact) mass is 762 g/mol. The number of benzene rings is 4. The van der Waals surface area contributed by atoms with Crippen LogP contribution in [0.4, 0.5) is 0 Å². The summed E-state index contributed by atoms with van der Waals surface area (Å²) in [6.07, 6.45) is 5.46. The first kappa shape index (κ1) is 37.0. The lowest BCUT2D eigenvalue weighted by atomic mass is 9.78. The molecule has 0 aromatic heterocycles. The topological polar surface area (TPSA) is 9.23 Å². The number of rotatable bonds is 9. The molecule has 0 amide bonds. The molecule has 3 heterocycles. The molecule has 0 N–H and O–H groups in total. The molecule has 0 bridgehead atoms. The molecule has 1 saturated heterocycles. The Kier molecular flexibility index (Phi) is 10.3. The van der Waals surface area contributed by atoms with E-state index in [1.165, 1.54) is 37.8 Å². The highest BCUT2D eigenvalue weighted by atomic mass is 32.7. The molecule has 6 heteroatoms. The van der Waals surface area contributed by atoms with E-state index in [0.29, 0.717) is 16.6 Å². The Bertz CT molecular complexity index is 1810. The molecule has 264 valence electrons. The first-order valence-corrected chi connectivity index (χ1v) is 26.1. The van der Waals surface area contributed by atoms with Gasteiger partial charge in [-0.3, -0.25) is 0 Å². The molecular weight excluding hydrogens is 711 g/mol.